The normalized spacial score (nSPS) is 12.9. The molecular formula is C12H16BrF2N. The lowest BCUT2D eigenvalue weighted by Gasteiger charge is -2.23. The van der Waals surface area contributed by atoms with E-state index in [9.17, 15) is 8.78 Å². The molecular weight excluding hydrogens is 276 g/mol. The maximum absolute atomic E-state index is 13.5. The molecule has 0 bridgehead atoms. The van der Waals surface area contributed by atoms with Crippen molar-refractivity contribution in [2.24, 2.45) is 5.92 Å². The van der Waals surface area contributed by atoms with Crippen LogP contribution in [0.4, 0.5) is 14.5 Å². The average molecular weight is 292 g/mol. The molecule has 1 aromatic rings. The Bertz CT molecular complexity index is 343. The van der Waals surface area contributed by atoms with Gasteiger partial charge in [0.05, 0.1) is 5.69 Å². The van der Waals surface area contributed by atoms with Crippen molar-refractivity contribution >= 4 is 21.6 Å². The van der Waals surface area contributed by atoms with Gasteiger partial charge in [0.25, 0.3) is 0 Å². The van der Waals surface area contributed by atoms with Crippen LogP contribution >= 0.6 is 15.9 Å². The first-order valence-corrected chi connectivity index (χ1v) is 6.16. The quantitative estimate of drug-likeness (QED) is 0.857. The second-order valence-electron chi connectivity index (χ2n) is 4.15. The lowest BCUT2D eigenvalue weighted by Crippen LogP contribution is -2.25. The van der Waals surface area contributed by atoms with E-state index >= 15 is 0 Å². The van der Waals surface area contributed by atoms with E-state index in [0.29, 0.717) is 16.1 Å². The predicted octanol–water partition coefficient (Wildman–Crippen LogP) is 4.57. The first-order chi connectivity index (χ1) is 7.45. The van der Waals surface area contributed by atoms with Gasteiger partial charge in [-0.15, -0.1) is 0 Å². The molecule has 0 aliphatic carbocycles. The zero-order valence-corrected chi connectivity index (χ0v) is 11.2. The molecule has 0 aromatic heterocycles. The molecule has 1 atom stereocenters. The molecule has 0 aliphatic rings. The van der Waals surface area contributed by atoms with Crippen LogP contribution in [-0.4, -0.2) is 6.04 Å². The van der Waals surface area contributed by atoms with Gasteiger partial charge in [0.1, 0.15) is 11.6 Å². The third-order valence-corrected chi connectivity index (χ3v) is 3.21. The summed E-state index contributed by atoms with van der Waals surface area (Å²) in [5.41, 5.74) is 0.335. The fourth-order valence-electron chi connectivity index (χ4n) is 1.61. The molecule has 90 valence electrons. The van der Waals surface area contributed by atoms with E-state index < -0.39 is 11.6 Å². The first kappa shape index (κ1) is 13.4. The van der Waals surface area contributed by atoms with Crippen LogP contribution < -0.4 is 5.32 Å². The van der Waals surface area contributed by atoms with Crippen molar-refractivity contribution in [1.29, 1.82) is 0 Å². The van der Waals surface area contributed by atoms with Crippen molar-refractivity contribution in [2.75, 3.05) is 5.32 Å². The number of nitrogens with one attached hydrogen (secondary N) is 1. The van der Waals surface area contributed by atoms with E-state index in [1.807, 2.05) is 6.92 Å². The summed E-state index contributed by atoms with van der Waals surface area (Å²) in [6, 6.07) is 2.33. The predicted molar refractivity (Wildman–Crippen MR) is 66.6 cm³/mol. The van der Waals surface area contributed by atoms with Gasteiger partial charge in [-0.05, 0) is 34.3 Å². The molecule has 0 heterocycles. The van der Waals surface area contributed by atoms with E-state index in [2.05, 4.69) is 35.1 Å². The molecule has 4 heteroatoms. The molecule has 0 saturated carbocycles. The van der Waals surface area contributed by atoms with Gasteiger partial charge in [-0.25, -0.2) is 8.78 Å². The maximum Gasteiger partial charge on any atom is 0.150 e. The SMILES string of the molecule is CCC(Nc1c(F)cc(F)cc1Br)C(C)C. The Kier molecular flexibility index (Phi) is 4.71. The summed E-state index contributed by atoms with van der Waals surface area (Å²) in [5, 5.41) is 3.10. The van der Waals surface area contributed by atoms with Gasteiger partial charge in [-0.1, -0.05) is 20.8 Å². The van der Waals surface area contributed by atoms with E-state index in [0.717, 1.165) is 12.5 Å². The third kappa shape index (κ3) is 3.17. The standard InChI is InChI=1S/C12H16BrF2N/c1-4-11(7(2)3)16-12-9(13)5-8(14)6-10(12)15/h5-7,11,16H,4H2,1-3H3. The van der Waals surface area contributed by atoms with Crippen molar-refractivity contribution in [2.45, 2.75) is 33.2 Å². The van der Waals surface area contributed by atoms with E-state index in [-0.39, 0.29) is 6.04 Å². The van der Waals surface area contributed by atoms with E-state index in [1.165, 1.54) is 6.07 Å². The second kappa shape index (κ2) is 5.62. The lowest BCUT2D eigenvalue weighted by molar-refractivity contribution is 0.505. The van der Waals surface area contributed by atoms with Crippen molar-refractivity contribution in [1.82, 2.24) is 0 Å². The lowest BCUT2D eigenvalue weighted by atomic mass is 10.0. The molecule has 1 aromatic carbocycles. The van der Waals surface area contributed by atoms with Crippen LogP contribution in [0.15, 0.2) is 16.6 Å². The minimum atomic E-state index is -0.576. The molecule has 0 radical (unpaired) electrons. The summed E-state index contributed by atoms with van der Waals surface area (Å²) in [4.78, 5) is 0. The zero-order chi connectivity index (χ0) is 12.3. The summed E-state index contributed by atoms with van der Waals surface area (Å²) >= 11 is 3.16. The van der Waals surface area contributed by atoms with Crippen LogP contribution in [0.1, 0.15) is 27.2 Å². The Balaban J connectivity index is 2.96. The molecule has 0 aliphatic heterocycles. The van der Waals surface area contributed by atoms with Gasteiger partial charge in [0.2, 0.25) is 0 Å². The van der Waals surface area contributed by atoms with E-state index in [1.54, 1.807) is 0 Å². The molecule has 1 unspecified atom stereocenters. The monoisotopic (exact) mass is 291 g/mol. The van der Waals surface area contributed by atoms with Gasteiger partial charge < -0.3 is 5.32 Å². The number of halogens is 3. The van der Waals surface area contributed by atoms with Crippen LogP contribution in [0.3, 0.4) is 0 Å². The summed E-state index contributed by atoms with van der Waals surface area (Å²) in [6.45, 7) is 6.17. The van der Waals surface area contributed by atoms with Gasteiger partial charge in [0, 0.05) is 16.6 Å². The van der Waals surface area contributed by atoms with Gasteiger partial charge in [-0.3, -0.25) is 0 Å². The minimum Gasteiger partial charge on any atom is -0.379 e. The third-order valence-electron chi connectivity index (χ3n) is 2.58. The Morgan fingerprint density at radius 2 is 1.94 bits per heavy atom. The number of hydrogen-bond donors (Lipinski definition) is 1. The minimum absolute atomic E-state index is 0.177. The van der Waals surface area contributed by atoms with Gasteiger partial charge in [0.15, 0.2) is 0 Å². The van der Waals surface area contributed by atoms with Crippen LogP contribution in [0, 0.1) is 17.6 Å². The highest BCUT2D eigenvalue weighted by atomic mass is 79.9. The molecule has 0 saturated heterocycles. The molecule has 0 spiro atoms. The van der Waals surface area contributed by atoms with Crippen LogP contribution in [0.25, 0.3) is 0 Å². The van der Waals surface area contributed by atoms with Crippen molar-refractivity contribution < 1.29 is 8.78 Å². The highest BCUT2D eigenvalue weighted by Gasteiger charge is 2.16. The Morgan fingerprint density at radius 3 is 2.38 bits per heavy atom. The Hall–Kier alpha value is -0.640. The van der Waals surface area contributed by atoms with Crippen molar-refractivity contribution in [3.8, 4) is 0 Å². The van der Waals surface area contributed by atoms with Crippen LogP contribution in [0.2, 0.25) is 0 Å². The summed E-state index contributed by atoms with van der Waals surface area (Å²) < 4.78 is 26.8. The molecule has 1 nitrogen and oxygen atoms in total. The summed E-state index contributed by atoms with van der Waals surface area (Å²) in [5.74, 6) is -0.750. The van der Waals surface area contributed by atoms with Crippen molar-refractivity contribution in [3.63, 3.8) is 0 Å². The van der Waals surface area contributed by atoms with Gasteiger partial charge in [-0.2, -0.15) is 0 Å². The smallest absolute Gasteiger partial charge is 0.150 e. The van der Waals surface area contributed by atoms with E-state index in [4.69, 9.17) is 0 Å². The molecule has 1 N–H and O–H groups in total. The fourth-order valence-corrected chi connectivity index (χ4v) is 2.13. The second-order valence-corrected chi connectivity index (χ2v) is 5.00. The highest BCUT2D eigenvalue weighted by Crippen LogP contribution is 2.28. The Labute approximate surface area is 103 Å². The first-order valence-electron chi connectivity index (χ1n) is 5.36. The maximum atomic E-state index is 13.5. The fraction of sp³-hybridized carbons (Fsp3) is 0.500. The molecule has 1 rings (SSSR count). The van der Waals surface area contributed by atoms with Gasteiger partial charge >= 0.3 is 0 Å². The number of anilines is 1. The highest BCUT2D eigenvalue weighted by molar-refractivity contribution is 9.10. The summed E-state index contributed by atoms with van der Waals surface area (Å²) in [7, 11) is 0. The zero-order valence-electron chi connectivity index (χ0n) is 9.65. The number of benzene rings is 1. The molecule has 0 amide bonds. The number of rotatable bonds is 4. The average Bonchev–Trinajstić information content (AvgIpc) is 2.15. The number of hydrogen-bond acceptors (Lipinski definition) is 1. The van der Waals surface area contributed by atoms with Crippen LogP contribution in [-0.2, 0) is 0 Å². The largest absolute Gasteiger partial charge is 0.379 e. The van der Waals surface area contributed by atoms with Crippen LogP contribution in [0.5, 0.6) is 0 Å². The molecule has 16 heavy (non-hydrogen) atoms. The summed E-state index contributed by atoms with van der Waals surface area (Å²) in [6.07, 6.45) is 0.890. The molecule has 0 fully saturated rings. The Morgan fingerprint density at radius 1 is 1.31 bits per heavy atom. The van der Waals surface area contributed by atoms with Crippen molar-refractivity contribution in [3.05, 3.63) is 28.2 Å². The topological polar surface area (TPSA) is 12.0 Å².